The molecule has 2 aromatic rings. The molecule has 0 aliphatic rings. The van der Waals surface area contributed by atoms with E-state index >= 15 is 0 Å². The fraction of sp³-hybridized carbons (Fsp3) is 0.438. The third kappa shape index (κ3) is 3.90. The molecule has 1 unspecified atom stereocenters. The minimum atomic E-state index is 0.632. The van der Waals surface area contributed by atoms with Gasteiger partial charge in [-0.2, -0.15) is 0 Å². The lowest BCUT2D eigenvalue weighted by Crippen LogP contribution is -3.06. The molecule has 1 atom stereocenters. The van der Waals surface area contributed by atoms with Gasteiger partial charge in [0.2, 0.25) is 0 Å². The third-order valence-corrected chi connectivity index (χ3v) is 4.01. The predicted octanol–water partition coefficient (Wildman–Crippen LogP) is 1.64. The Hall–Kier alpha value is -1.79. The lowest BCUT2D eigenvalue weighted by molar-refractivity contribution is -0.917. The quantitative estimate of drug-likeness (QED) is 0.787. The minimum absolute atomic E-state index is 0.632. The van der Waals surface area contributed by atoms with E-state index in [1.807, 2.05) is 43.1 Å². The molecule has 1 heterocycles. The van der Waals surface area contributed by atoms with Crippen molar-refractivity contribution in [1.29, 1.82) is 0 Å². The average molecular weight is 322 g/mol. The number of methoxy groups -OCH3 is 1. The van der Waals surface area contributed by atoms with Crippen molar-refractivity contribution in [2.24, 2.45) is 7.05 Å². The lowest BCUT2D eigenvalue weighted by atomic mass is 10.2. The number of rotatable bonds is 7. The first-order chi connectivity index (χ1) is 10.5. The molecule has 1 aromatic carbocycles. The molecule has 1 aromatic heterocycles. The number of imidazole rings is 1. The van der Waals surface area contributed by atoms with Gasteiger partial charge in [0.1, 0.15) is 6.54 Å². The molecule has 0 bridgehead atoms. The molecule has 22 heavy (non-hydrogen) atoms. The van der Waals surface area contributed by atoms with Gasteiger partial charge in [-0.3, -0.25) is 4.57 Å². The fourth-order valence-electron chi connectivity index (χ4n) is 2.42. The van der Waals surface area contributed by atoms with Crippen molar-refractivity contribution in [3.63, 3.8) is 0 Å². The molecule has 0 saturated heterocycles. The van der Waals surface area contributed by atoms with Crippen molar-refractivity contribution >= 4 is 12.2 Å². The Morgan fingerprint density at radius 2 is 2.00 bits per heavy atom. The summed E-state index contributed by atoms with van der Waals surface area (Å²) >= 11 is 5.37. The van der Waals surface area contributed by atoms with Crippen molar-refractivity contribution in [2.75, 3.05) is 20.8 Å². The van der Waals surface area contributed by atoms with Gasteiger partial charge in [0.25, 0.3) is 0 Å². The van der Waals surface area contributed by atoms with Crippen molar-refractivity contribution < 1.29 is 14.4 Å². The zero-order valence-electron chi connectivity index (χ0n) is 13.6. The fourth-order valence-corrected chi connectivity index (χ4v) is 2.61. The van der Waals surface area contributed by atoms with Gasteiger partial charge in [0.15, 0.2) is 22.9 Å². The Kier molecular flexibility index (Phi) is 5.63. The monoisotopic (exact) mass is 322 g/mol. The predicted molar refractivity (Wildman–Crippen MR) is 89.0 cm³/mol. The van der Waals surface area contributed by atoms with Crippen molar-refractivity contribution in [3.05, 3.63) is 40.9 Å². The van der Waals surface area contributed by atoms with Crippen LogP contribution in [0.25, 0.3) is 0 Å². The molecule has 0 aliphatic carbocycles. The number of hydrogen-bond donors (Lipinski definition) is 1. The van der Waals surface area contributed by atoms with Crippen molar-refractivity contribution in [3.8, 4) is 11.5 Å². The van der Waals surface area contributed by atoms with Crippen LogP contribution in [0.2, 0.25) is 0 Å². The molecule has 0 spiro atoms. The van der Waals surface area contributed by atoms with Crippen LogP contribution in [0.15, 0.2) is 30.6 Å². The van der Waals surface area contributed by atoms with E-state index in [-0.39, 0.29) is 0 Å². The van der Waals surface area contributed by atoms with Gasteiger partial charge in [0.05, 0.1) is 20.8 Å². The number of benzene rings is 1. The summed E-state index contributed by atoms with van der Waals surface area (Å²) in [4.78, 5) is 1.34. The number of hydrogen-bond acceptors (Lipinski definition) is 3. The van der Waals surface area contributed by atoms with E-state index in [0.29, 0.717) is 6.61 Å². The first kappa shape index (κ1) is 16.6. The van der Waals surface area contributed by atoms with Gasteiger partial charge in [0, 0.05) is 25.0 Å². The molecular formula is C16H24N3O2S+. The largest absolute Gasteiger partial charge is 0.493 e. The highest BCUT2D eigenvalue weighted by atomic mass is 32.1. The smallest absolute Gasteiger partial charge is 0.183 e. The van der Waals surface area contributed by atoms with E-state index in [9.17, 15) is 0 Å². The van der Waals surface area contributed by atoms with Crippen LogP contribution in [-0.2, 0) is 20.3 Å². The molecule has 0 radical (unpaired) electrons. The Balaban J connectivity index is 2.06. The van der Waals surface area contributed by atoms with Crippen LogP contribution >= 0.6 is 12.2 Å². The Labute approximate surface area is 136 Å². The average Bonchev–Trinajstić information content (AvgIpc) is 2.81. The summed E-state index contributed by atoms with van der Waals surface area (Å²) in [5, 5.41) is 0. The van der Waals surface area contributed by atoms with Gasteiger partial charge < -0.3 is 18.9 Å². The van der Waals surface area contributed by atoms with E-state index < -0.39 is 0 Å². The molecule has 120 valence electrons. The second-order valence-corrected chi connectivity index (χ2v) is 5.74. The van der Waals surface area contributed by atoms with Gasteiger partial charge >= 0.3 is 0 Å². The van der Waals surface area contributed by atoms with Gasteiger partial charge in [-0.05, 0) is 37.3 Å². The number of aryl methyl sites for hydroxylation is 1. The van der Waals surface area contributed by atoms with Crippen molar-refractivity contribution in [1.82, 2.24) is 9.13 Å². The van der Waals surface area contributed by atoms with Crippen LogP contribution in [0, 0.1) is 4.77 Å². The van der Waals surface area contributed by atoms with Crippen LogP contribution in [0.3, 0.4) is 0 Å². The zero-order chi connectivity index (χ0) is 16.1. The SMILES string of the molecule is CCOc1ccc(C[NH+](C)Cn2ccn(C)c2=S)cc1OC. The number of ether oxygens (including phenoxy) is 2. The molecule has 0 fully saturated rings. The maximum absolute atomic E-state index is 5.55. The highest BCUT2D eigenvalue weighted by Gasteiger charge is 2.10. The number of aromatic nitrogens is 2. The maximum atomic E-state index is 5.55. The molecule has 0 saturated carbocycles. The summed E-state index contributed by atoms with van der Waals surface area (Å²) in [7, 11) is 5.78. The Morgan fingerprint density at radius 3 is 2.59 bits per heavy atom. The maximum Gasteiger partial charge on any atom is 0.183 e. The second-order valence-electron chi connectivity index (χ2n) is 5.37. The molecule has 0 amide bonds. The second kappa shape index (κ2) is 7.47. The van der Waals surface area contributed by atoms with E-state index in [4.69, 9.17) is 21.7 Å². The number of nitrogens with zero attached hydrogens (tertiary/aromatic N) is 2. The standard InChI is InChI=1S/C16H23N3O2S/c1-5-21-14-7-6-13(10-15(14)20-4)11-17(2)12-19-9-8-18(3)16(19)22/h6-10H,5,11-12H2,1-4H3/p+1. The van der Waals surface area contributed by atoms with Gasteiger partial charge in [-0.15, -0.1) is 0 Å². The molecule has 2 rings (SSSR count). The summed E-state index contributed by atoms with van der Waals surface area (Å²) in [5.41, 5.74) is 1.21. The number of quaternary nitrogens is 1. The molecule has 0 aliphatic heterocycles. The topological polar surface area (TPSA) is 32.8 Å². The van der Waals surface area contributed by atoms with Crippen molar-refractivity contribution in [2.45, 2.75) is 20.1 Å². The molecule has 5 nitrogen and oxygen atoms in total. The highest BCUT2D eigenvalue weighted by Crippen LogP contribution is 2.27. The summed E-state index contributed by atoms with van der Waals surface area (Å²) < 4.78 is 15.8. The van der Waals surface area contributed by atoms with Gasteiger partial charge in [-0.1, -0.05) is 0 Å². The van der Waals surface area contributed by atoms with E-state index in [2.05, 4.69) is 17.7 Å². The van der Waals surface area contributed by atoms with Crippen LogP contribution in [0.4, 0.5) is 0 Å². The van der Waals surface area contributed by atoms with E-state index in [1.165, 1.54) is 10.5 Å². The summed E-state index contributed by atoms with van der Waals surface area (Å²) in [6.45, 7) is 4.32. The molecular weight excluding hydrogens is 298 g/mol. The van der Waals surface area contributed by atoms with E-state index in [0.717, 1.165) is 29.5 Å². The van der Waals surface area contributed by atoms with Crippen LogP contribution in [0.1, 0.15) is 12.5 Å². The first-order valence-electron chi connectivity index (χ1n) is 7.38. The highest BCUT2D eigenvalue weighted by molar-refractivity contribution is 7.71. The normalized spacial score (nSPS) is 12.2. The van der Waals surface area contributed by atoms with Gasteiger partial charge in [-0.25, -0.2) is 0 Å². The third-order valence-electron chi connectivity index (χ3n) is 3.49. The minimum Gasteiger partial charge on any atom is -0.493 e. The van der Waals surface area contributed by atoms with Crippen LogP contribution < -0.4 is 14.4 Å². The Morgan fingerprint density at radius 1 is 1.23 bits per heavy atom. The molecule has 6 heteroatoms. The number of nitrogens with one attached hydrogen (secondary N) is 1. The summed E-state index contributed by atoms with van der Waals surface area (Å²) in [6.07, 6.45) is 4.00. The zero-order valence-corrected chi connectivity index (χ0v) is 14.4. The Bertz CT molecular complexity index is 678. The van der Waals surface area contributed by atoms with Crippen LogP contribution in [0.5, 0.6) is 11.5 Å². The molecule has 1 N–H and O–H groups in total. The summed E-state index contributed by atoms with van der Waals surface area (Å²) in [5.74, 6) is 1.57. The lowest BCUT2D eigenvalue weighted by Gasteiger charge is -2.16. The summed E-state index contributed by atoms with van der Waals surface area (Å²) in [6, 6.07) is 6.10. The van der Waals surface area contributed by atoms with E-state index in [1.54, 1.807) is 7.11 Å². The first-order valence-corrected chi connectivity index (χ1v) is 7.78. The van der Waals surface area contributed by atoms with Crippen LogP contribution in [-0.4, -0.2) is 29.9 Å².